The van der Waals surface area contributed by atoms with E-state index < -0.39 is 10.8 Å². The molecule has 0 aliphatic rings. The normalized spacial score (nSPS) is 12.5. The highest BCUT2D eigenvalue weighted by molar-refractivity contribution is 7.83. The van der Waals surface area contributed by atoms with Gasteiger partial charge in [0.2, 0.25) is 5.88 Å². The predicted octanol–water partition coefficient (Wildman–Crippen LogP) is 1.62. The minimum Gasteiger partial charge on any atom is -0.481 e. The third-order valence-corrected chi connectivity index (χ3v) is 2.34. The van der Waals surface area contributed by atoms with E-state index >= 15 is 0 Å². The molecule has 0 N–H and O–H groups in total. The van der Waals surface area contributed by atoms with Crippen LogP contribution in [0, 0.1) is 0 Å². The summed E-state index contributed by atoms with van der Waals surface area (Å²) in [5, 5.41) is 0.361. The second-order valence-corrected chi connectivity index (χ2v) is 4.38. The molecule has 1 atom stereocenters. The van der Waals surface area contributed by atoms with Crippen molar-refractivity contribution in [1.82, 2.24) is 4.98 Å². The fraction of sp³-hybridized carbons (Fsp3) is 0.375. The lowest BCUT2D eigenvalue weighted by atomic mass is 10.3. The van der Waals surface area contributed by atoms with E-state index in [1.54, 1.807) is 18.4 Å². The highest BCUT2D eigenvalue weighted by atomic mass is 35.5. The number of ether oxygens (including phenoxy) is 1. The zero-order valence-corrected chi connectivity index (χ0v) is 8.98. The van der Waals surface area contributed by atoms with Gasteiger partial charge in [-0.3, -0.25) is 4.21 Å². The van der Waals surface area contributed by atoms with E-state index in [2.05, 4.69) is 4.98 Å². The molecule has 1 aromatic rings. The zero-order valence-electron chi connectivity index (χ0n) is 7.41. The molecular formula is C8H10ClNO2S. The molecule has 1 heterocycles. The van der Waals surface area contributed by atoms with Crippen molar-refractivity contribution in [1.29, 1.82) is 0 Å². The number of rotatable bonds is 3. The average molecular weight is 220 g/mol. The van der Waals surface area contributed by atoms with Crippen LogP contribution in [0.3, 0.4) is 0 Å². The van der Waals surface area contributed by atoms with E-state index in [-0.39, 0.29) is 0 Å². The maximum absolute atomic E-state index is 10.9. The summed E-state index contributed by atoms with van der Waals surface area (Å²) in [5.74, 6) is 0.923. The summed E-state index contributed by atoms with van der Waals surface area (Å²) in [7, 11) is 0.642. The summed E-state index contributed by atoms with van der Waals surface area (Å²) in [6.45, 7) is 0. The lowest BCUT2D eigenvalue weighted by molar-refractivity contribution is 0.397. The molecule has 72 valence electrons. The number of hydrogen-bond donors (Lipinski definition) is 0. The van der Waals surface area contributed by atoms with Crippen molar-refractivity contribution in [3.63, 3.8) is 0 Å². The smallest absolute Gasteiger partial charge is 0.214 e. The third kappa shape index (κ3) is 3.32. The summed E-state index contributed by atoms with van der Waals surface area (Å²) < 4.78 is 15.9. The topological polar surface area (TPSA) is 39.2 Å². The van der Waals surface area contributed by atoms with Crippen LogP contribution in [-0.4, -0.2) is 22.6 Å². The van der Waals surface area contributed by atoms with Crippen molar-refractivity contribution in [3.8, 4) is 5.88 Å². The molecule has 0 spiro atoms. The number of nitrogens with zero attached hydrogens (tertiary/aromatic N) is 1. The molecule has 1 rings (SSSR count). The summed E-state index contributed by atoms with van der Waals surface area (Å²) in [5.41, 5.74) is 0.873. The van der Waals surface area contributed by atoms with E-state index in [0.717, 1.165) is 5.56 Å². The Labute approximate surface area is 84.5 Å². The molecule has 0 bridgehead atoms. The maximum Gasteiger partial charge on any atom is 0.214 e. The van der Waals surface area contributed by atoms with Crippen LogP contribution >= 0.6 is 11.6 Å². The van der Waals surface area contributed by atoms with Crippen molar-refractivity contribution in [2.45, 2.75) is 5.75 Å². The highest BCUT2D eigenvalue weighted by Crippen LogP contribution is 2.16. The second kappa shape index (κ2) is 4.58. The molecule has 0 unspecified atom stereocenters. The number of aromatic nitrogens is 1. The molecule has 0 fully saturated rings. The van der Waals surface area contributed by atoms with Gasteiger partial charge in [0, 0.05) is 28.9 Å². The summed E-state index contributed by atoms with van der Waals surface area (Å²) in [6.07, 6.45) is 1.64. The SMILES string of the molecule is COc1cc(C[S@@](C)=O)cc(Cl)n1. The van der Waals surface area contributed by atoms with Gasteiger partial charge < -0.3 is 4.74 Å². The lowest BCUT2D eigenvalue weighted by Crippen LogP contribution is -1.95. The van der Waals surface area contributed by atoms with Crippen LogP contribution in [0.5, 0.6) is 5.88 Å². The van der Waals surface area contributed by atoms with E-state index in [1.165, 1.54) is 7.11 Å². The van der Waals surface area contributed by atoms with Crippen LogP contribution in [0.1, 0.15) is 5.56 Å². The van der Waals surface area contributed by atoms with Gasteiger partial charge in [0.05, 0.1) is 7.11 Å². The average Bonchev–Trinajstić information content (AvgIpc) is 2.01. The van der Waals surface area contributed by atoms with Crippen LogP contribution < -0.4 is 4.74 Å². The first-order chi connectivity index (χ1) is 6.11. The number of hydrogen-bond acceptors (Lipinski definition) is 3. The number of halogens is 1. The lowest BCUT2D eigenvalue weighted by Gasteiger charge is -2.02. The Morgan fingerprint density at radius 2 is 2.31 bits per heavy atom. The third-order valence-electron chi connectivity index (χ3n) is 1.41. The molecule has 0 saturated heterocycles. The minimum atomic E-state index is -0.877. The Morgan fingerprint density at radius 1 is 1.62 bits per heavy atom. The van der Waals surface area contributed by atoms with Crippen LogP contribution in [0.2, 0.25) is 5.15 Å². The Morgan fingerprint density at radius 3 is 2.85 bits per heavy atom. The molecular weight excluding hydrogens is 210 g/mol. The summed E-state index contributed by atoms with van der Waals surface area (Å²) in [6, 6.07) is 3.42. The fourth-order valence-corrected chi connectivity index (χ4v) is 1.81. The van der Waals surface area contributed by atoms with Crippen molar-refractivity contribution in [2.75, 3.05) is 13.4 Å². The summed E-state index contributed by atoms with van der Waals surface area (Å²) in [4.78, 5) is 3.90. The Hall–Kier alpha value is -0.610. The molecule has 0 aromatic carbocycles. The first-order valence-electron chi connectivity index (χ1n) is 3.62. The van der Waals surface area contributed by atoms with Gasteiger partial charge in [-0.15, -0.1) is 0 Å². The van der Waals surface area contributed by atoms with E-state index in [9.17, 15) is 4.21 Å². The number of pyridine rings is 1. The van der Waals surface area contributed by atoms with Gasteiger partial charge in [0.1, 0.15) is 5.15 Å². The van der Waals surface area contributed by atoms with Crippen molar-refractivity contribution in [2.24, 2.45) is 0 Å². The van der Waals surface area contributed by atoms with Crippen LogP contribution in [0.4, 0.5) is 0 Å². The van der Waals surface area contributed by atoms with Gasteiger partial charge >= 0.3 is 0 Å². The first-order valence-corrected chi connectivity index (χ1v) is 5.73. The minimum absolute atomic E-state index is 0.361. The summed E-state index contributed by atoms with van der Waals surface area (Å²) >= 11 is 5.72. The molecule has 13 heavy (non-hydrogen) atoms. The van der Waals surface area contributed by atoms with Crippen LogP contribution in [-0.2, 0) is 16.6 Å². The first kappa shape index (κ1) is 10.5. The number of methoxy groups -OCH3 is 1. The molecule has 5 heteroatoms. The van der Waals surface area contributed by atoms with E-state index in [0.29, 0.717) is 16.8 Å². The van der Waals surface area contributed by atoms with Crippen LogP contribution in [0.15, 0.2) is 12.1 Å². The van der Waals surface area contributed by atoms with Gasteiger partial charge in [0.25, 0.3) is 0 Å². The molecule has 0 aliphatic heterocycles. The Balaban J connectivity index is 2.94. The van der Waals surface area contributed by atoms with E-state index in [1.807, 2.05) is 0 Å². The Kier molecular flexibility index (Phi) is 3.69. The molecule has 0 amide bonds. The quantitative estimate of drug-likeness (QED) is 0.726. The van der Waals surface area contributed by atoms with Crippen LogP contribution in [0.25, 0.3) is 0 Å². The zero-order chi connectivity index (χ0) is 9.84. The monoisotopic (exact) mass is 219 g/mol. The van der Waals surface area contributed by atoms with Gasteiger partial charge in [0.15, 0.2) is 0 Å². The molecule has 1 aromatic heterocycles. The predicted molar refractivity (Wildman–Crippen MR) is 53.6 cm³/mol. The van der Waals surface area contributed by atoms with E-state index in [4.69, 9.17) is 16.3 Å². The largest absolute Gasteiger partial charge is 0.481 e. The standard InChI is InChI=1S/C8H10ClNO2S/c1-12-8-4-6(5-13(2)11)3-7(9)10-8/h3-4H,5H2,1-2H3/t13-/m1/s1. The van der Waals surface area contributed by atoms with Gasteiger partial charge in [-0.1, -0.05) is 11.6 Å². The van der Waals surface area contributed by atoms with Gasteiger partial charge in [-0.25, -0.2) is 4.98 Å². The van der Waals surface area contributed by atoms with Crippen molar-refractivity contribution < 1.29 is 8.95 Å². The van der Waals surface area contributed by atoms with Crippen molar-refractivity contribution in [3.05, 3.63) is 22.8 Å². The molecule has 3 nitrogen and oxygen atoms in total. The van der Waals surface area contributed by atoms with Gasteiger partial charge in [-0.2, -0.15) is 0 Å². The Bertz CT molecular complexity index is 330. The second-order valence-electron chi connectivity index (χ2n) is 2.56. The fourth-order valence-electron chi connectivity index (χ4n) is 0.946. The van der Waals surface area contributed by atoms with Gasteiger partial charge in [-0.05, 0) is 11.6 Å². The highest BCUT2D eigenvalue weighted by Gasteiger charge is 2.02. The van der Waals surface area contributed by atoms with Crippen molar-refractivity contribution >= 4 is 22.4 Å². The molecule has 0 radical (unpaired) electrons. The maximum atomic E-state index is 10.9. The molecule has 0 saturated carbocycles. The molecule has 0 aliphatic carbocycles.